The van der Waals surface area contributed by atoms with Gasteiger partial charge in [0.25, 0.3) is 5.56 Å². The molecule has 0 atom stereocenters. The van der Waals surface area contributed by atoms with Gasteiger partial charge in [-0.2, -0.15) is 0 Å². The van der Waals surface area contributed by atoms with E-state index in [9.17, 15) is 4.79 Å². The van der Waals surface area contributed by atoms with Gasteiger partial charge in [0.2, 0.25) is 0 Å². The summed E-state index contributed by atoms with van der Waals surface area (Å²) in [5.74, 6) is 2.26. The molecule has 1 N–H and O–H groups in total. The van der Waals surface area contributed by atoms with E-state index >= 15 is 0 Å². The van der Waals surface area contributed by atoms with Crippen LogP contribution >= 0.6 is 11.8 Å². The topological polar surface area (TPSA) is 55.0 Å². The number of hydrogen-bond donors (Lipinski definition) is 1. The molecule has 2 rings (SSSR count). The molecule has 1 aromatic carbocycles. The van der Waals surface area contributed by atoms with Gasteiger partial charge in [-0.15, -0.1) is 0 Å². The normalized spacial score (nSPS) is 10.8. The minimum Gasteiger partial charge on any atom is -0.497 e. The van der Waals surface area contributed by atoms with E-state index in [4.69, 9.17) is 4.74 Å². The van der Waals surface area contributed by atoms with E-state index in [1.807, 2.05) is 24.3 Å². The van der Waals surface area contributed by atoms with Crippen LogP contribution in [0.4, 0.5) is 0 Å². The van der Waals surface area contributed by atoms with Gasteiger partial charge in [0, 0.05) is 17.4 Å². The van der Waals surface area contributed by atoms with E-state index in [-0.39, 0.29) is 5.56 Å². The Kier molecular flexibility index (Phi) is 4.84. The molecule has 20 heavy (non-hydrogen) atoms. The average molecular weight is 290 g/mol. The lowest BCUT2D eigenvalue weighted by molar-refractivity contribution is 0.415. The smallest absolute Gasteiger partial charge is 0.252 e. The monoisotopic (exact) mass is 290 g/mol. The third kappa shape index (κ3) is 3.87. The molecule has 0 aliphatic carbocycles. The molecule has 0 saturated carbocycles. The fraction of sp³-hybridized carbons (Fsp3) is 0.333. The van der Waals surface area contributed by atoms with Crippen molar-refractivity contribution < 1.29 is 4.74 Å². The van der Waals surface area contributed by atoms with Crippen LogP contribution < -0.4 is 10.3 Å². The summed E-state index contributed by atoms with van der Waals surface area (Å²) in [5, 5.41) is 0.664. The maximum absolute atomic E-state index is 11.7. The second kappa shape index (κ2) is 6.61. The number of hydrogen-bond acceptors (Lipinski definition) is 4. The predicted molar refractivity (Wildman–Crippen MR) is 82.4 cm³/mol. The van der Waals surface area contributed by atoms with E-state index in [2.05, 4.69) is 23.8 Å². The van der Waals surface area contributed by atoms with Crippen molar-refractivity contribution in [3.63, 3.8) is 0 Å². The van der Waals surface area contributed by atoms with Gasteiger partial charge in [0.05, 0.1) is 12.8 Å². The van der Waals surface area contributed by atoms with Crippen LogP contribution in [0.15, 0.2) is 40.3 Å². The molecule has 0 bridgehead atoms. The number of nitrogens with zero attached hydrogens (tertiary/aromatic N) is 1. The van der Waals surface area contributed by atoms with E-state index < -0.39 is 0 Å². The highest BCUT2D eigenvalue weighted by molar-refractivity contribution is 7.99. The summed E-state index contributed by atoms with van der Waals surface area (Å²) >= 11 is 1.57. The largest absolute Gasteiger partial charge is 0.497 e. The van der Waals surface area contributed by atoms with Crippen LogP contribution in [0.5, 0.6) is 5.75 Å². The number of benzene rings is 1. The zero-order valence-corrected chi connectivity index (χ0v) is 12.7. The van der Waals surface area contributed by atoms with Gasteiger partial charge >= 0.3 is 0 Å². The first kappa shape index (κ1) is 14.7. The quantitative estimate of drug-likeness (QED) is 0.678. The number of ether oxygens (including phenoxy) is 1. The highest BCUT2D eigenvalue weighted by atomic mass is 32.2. The second-order valence-corrected chi connectivity index (χ2v) is 5.88. The molecule has 5 heteroatoms. The van der Waals surface area contributed by atoms with Crippen LogP contribution in [0, 0.1) is 5.92 Å². The number of methoxy groups -OCH3 is 1. The Bertz CT molecular complexity index is 621. The van der Waals surface area contributed by atoms with Gasteiger partial charge in [0.1, 0.15) is 5.75 Å². The molecule has 0 spiro atoms. The van der Waals surface area contributed by atoms with Crippen molar-refractivity contribution in [2.45, 2.75) is 19.0 Å². The fourth-order valence-electron chi connectivity index (χ4n) is 1.66. The number of thioether (sulfide) groups is 1. The van der Waals surface area contributed by atoms with Crippen molar-refractivity contribution in [1.29, 1.82) is 0 Å². The zero-order chi connectivity index (χ0) is 14.5. The van der Waals surface area contributed by atoms with Gasteiger partial charge in [-0.25, -0.2) is 4.98 Å². The molecule has 1 aromatic heterocycles. The number of aromatic nitrogens is 2. The third-order valence-corrected chi connectivity index (χ3v) is 3.96. The summed E-state index contributed by atoms with van der Waals surface area (Å²) in [7, 11) is 1.63. The minimum absolute atomic E-state index is 0.128. The Balaban J connectivity index is 2.28. The molecule has 0 saturated heterocycles. The Morgan fingerprint density at radius 1 is 1.30 bits per heavy atom. The first-order chi connectivity index (χ1) is 9.58. The predicted octanol–water partition coefficient (Wildman–Crippen LogP) is 3.19. The summed E-state index contributed by atoms with van der Waals surface area (Å²) in [6.07, 6.45) is 0. The number of H-pyrrole nitrogens is 1. The van der Waals surface area contributed by atoms with Gasteiger partial charge in [-0.1, -0.05) is 25.6 Å². The molecular weight excluding hydrogens is 272 g/mol. The minimum atomic E-state index is -0.128. The molecule has 1 heterocycles. The molecule has 2 aromatic rings. The van der Waals surface area contributed by atoms with Crippen molar-refractivity contribution in [3.8, 4) is 17.0 Å². The molecular formula is C15H18N2O2S. The SMILES string of the molecule is COc1ccc(-c2cc(=O)[nH]c(SCC(C)C)n2)cc1. The van der Waals surface area contributed by atoms with E-state index in [0.29, 0.717) is 16.8 Å². The molecule has 0 radical (unpaired) electrons. The molecule has 4 nitrogen and oxygen atoms in total. The van der Waals surface area contributed by atoms with Gasteiger partial charge in [-0.05, 0) is 30.2 Å². The summed E-state index contributed by atoms with van der Waals surface area (Å²) in [5.41, 5.74) is 1.46. The molecule has 0 aliphatic heterocycles. The van der Waals surface area contributed by atoms with Crippen LogP contribution in [0.1, 0.15) is 13.8 Å². The second-order valence-electron chi connectivity index (χ2n) is 4.87. The van der Waals surface area contributed by atoms with Crippen LogP contribution in [-0.2, 0) is 0 Å². The van der Waals surface area contributed by atoms with Crippen molar-refractivity contribution in [3.05, 3.63) is 40.7 Å². The maximum Gasteiger partial charge on any atom is 0.252 e. The average Bonchev–Trinajstić information content (AvgIpc) is 2.44. The van der Waals surface area contributed by atoms with E-state index in [0.717, 1.165) is 17.1 Å². The van der Waals surface area contributed by atoms with E-state index in [1.54, 1.807) is 18.9 Å². The van der Waals surface area contributed by atoms with Gasteiger partial charge in [-0.3, -0.25) is 4.79 Å². The molecule has 0 amide bonds. The Labute approximate surface area is 122 Å². The number of aromatic amines is 1. The Hall–Kier alpha value is -1.75. The number of nitrogens with one attached hydrogen (secondary N) is 1. The van der Waals surface area contributed by atoms with Crippen LogP contribution in [0.2, 0.25) is 0 Å². The molecule has 106 valence electrons. The summed E-state index contributed by atoms with van der Waals surface area (Å²) < 4.78 is 5.12. The van der Waals surface area contributed by atoms with Crippen molar-refractivity contribution in [1.82, 2.24) is 9.97 Å². The van der Waals surface area contributed by atoms with Gasteiger partial charge < -0.3 is 9.72 Å². The Morgan fingerprint density at radius 2 is 2.00 bits per heavy atom. The summed E-state index contributed by atoms with van der Waals surface area (Å²) in [4.78, 5) is 19.0. The van der Waals surface area contributed by atoms with E-state index in [1.165, 1.54) is 6.07 Å². The fourth-order valence-corrected chi connectivity index (χ4v) is 2.49. The van der Waals surface area contributed by atoms with Crippen molar-refractivity contribution in [2.75, 3.05) is 12.9 Å². The lowest BCUT2D eigenvalue weighted by Crippen LogP contribution is -2.08. The van der Waals surface area contributed by atoms with Crippen molar-refractivity contribution in [2.24, 2.45) is 5.92 Å². The number of rotatable bonds is 5. The summed E-state index contributed by atoms with van der Waals surface area (Å²) in [6, 6.07) is 9.04. The first-order valence-electron chi connectivity index (χ1n) is 6.47. The molecule has 0 unspecified atom stereocenters. The third-order valence-electron chi connectivity index (χ3n) is 2.66. The van der Waals surface area contributed by atoms with Crippen LogP contribution in [-0.4, -0.2) is 22.8 Å². The maximum atomic E-state index is 11.7. The highest BCUT2D eigenvalue weighted by Crippen LogP contribution is 2.22. The first-order valence-corrected chi connectivity index (χ1v) is 7.45. The zero-order valence-electron chi connectivity index (χ0n) is 11.8. The Morgan fingerprint density at radius 3 is 2.60 bits per heavy atom. The standard InChI is InChI=1S/C15H18N2O2S/c1-10(2)9-20-15-16-13(8-14(18)17-15)11-4-6-12(19-3)7-5-11/h4-8,10H,9H2,1-3H3,(H,16,17,18). The lowest BCUT2D eigenvalue weighted by atomic mass is 10.1. The molecule has 0 aliphatic rings. The van der Waals surface area contributed by atoms with Crippen LogP contribution in [0.3, 0.4) is 0 Å². The van der Waals surface area contributed by atoms with Gasteiger partial charge in [0.15, 0.2) is 5.16 Å². The van der Waals surface area contributed by atoms with Crippen molar-refractivity contribution >= 4 is 11.8 Å². The highest BCUT2D eigenvalue weighted by Gasteiger charge is 2.06. The molecule has 0 fully saturated rings. The lowest BCUT2D eigenvalue weighted by Gasteiger charge is -2.06. The summed E-state index contributed by atoms with van der Waals surface area (Å²) in [6.45, 7) is 4.27. The van der Waals surface area contributed by atoms with Crippen LogP contribution in [0.25, 0.3) is 11.3 Å².